The molecular formula is C18H17Cl2N3OS. The van der Waals surface area contributed by atoms with Gasteiger partial charge < -0.3 is 5.73 Å². The molecule has 130 valence electrons. The maximum Gasteiger partial charge on any atom is 0.269 e. The van der Waals surface area contributed by atoms with Gasteiger partial charge in [-0.1, -0.05) is 36.5 Å². The van der Waals surface area contributed by atoms with Crippen molar-refractivity contribution in [1.29, 1.82) is 0 Å². The average Bonchev–Trinajstić information content (AvgIpc) is 3.12. The second-order valence-corrected chi connectivity index (χ2v) is 7.72. The van der Waals surface area contributed by atoms with Crippen molar-refractivity contribution in [3.63, 3.8) is 0 Å². The molecule has 0 fully saturated rings. The summed E-state index contributed by atoms with van der Waals surface area (Å²) in [5.74, 6) is -0.562. The maximum atomic E-state index is 11.8. The number of carbonyl (C=O) groups excluding carboxylic acids is 1. The van der Waals surface area contributed by atoms with Crippen molar-refractivity contribution in [3.8, 4) is 16.3 Å². The van der Waals surface area contributed by atoms with E-state index in [2.05, 4.69) is 18.1 Å². The van der Waals surface area contributed by atoms with Gasteiger partial charge in [-0.05, 0) is 43.7 Å². The first-order chi connectivity index (χ1) is 11.9. The average molecular weight is 394 g/mol. The Labute approximate surface area is 160 Å². The van der Waals surface area contributed by atoms with Gasteiger partial charge in [0, 0.05) is 15.5 Å². The quantitative estimate of drug-likeness (QED) is 0.641. The molecule has 3 rings (SSSR count). The van der Waals surface area contributed by atoms with Gasteiger partial charge in [-0.15, -0.1) is 11.3 Å². The van der Waals surface area contributed by atoms with Crippen LogP contribution in [0.1, 0.15) is 34.3 Å². The standard InChI is InChI=1S/C18H17Cl2N3OS/c1-3-4-12-6-8-15(25-12)17-10(2)16(18(21)24)22-23(17)14-7-5-11(19)9-13(14)20/h5-9H,3-4H2,1-2H3,(H2,21,24). The summed E-state index contributed by atoms with van der Waals surface area (Å²) in [6.07, 6.45) is 2.09. The minimum atomic E-state index is -0.562. The van der Waals surface area contributed by atoms with Crippen LogP contribution in [0.15, 0.2) is 30.3 Å². The predicted octanol–water partition coefficient (Wildman–Crippen LogP) is 5.27. The number of halogens is 2. The lowest BCUT2D eigenvalue weighted by atomic mass is 10.1. The van der Waals surface area contributed by atoms with E-state index in [1.165, 1.54) is 4.88 Å². The van der Waals surface area contributed by atoms with E-state index in [4.69, 9.17) is 28.9 Å². The number of thiophene rings is 1. The molecule has 0 aliphatic heterocycles. The van der Waals surface area contributed by atoms with E-state index in [9.17, 15) is 4.79 Å². The van der Waals surface area contributed by atoms with E-state index in [1.54, 1.807) is 34.2 Å². The fourth-order valence-corrected chi connectivity index (χ4v) is 4.42. The van der Waals surface area contributed by atoms with E-state index in [1.807, 2.05) is 13.0 Å². The Morgan fingerprint density at radius 2 is 2.04 bits per heavy atom. The van der Waals surface area contributed by atoms with Crippen LogP contribution < -0.4 is 5.73 Å². The Morgan fingerprint density at radius 3 is 2.68 bits per heavy atom. The molecule has 1 amide bonds. The van der Waals surface area contributed by atoms with E-state index >= 15 is 0 Å². The summed E-state index contributed by atoms with van der Waals surface area (Å²) in [6, 6.07) is 9.33. The van der Waals surface area contributed by atoms with Crippen molar-refractivity contribution in [3.05, 3.63) is 56.5 Å². The Balaban J connectivity index is 2.23. The molecule has 0 bridgehead atoms. The predicted molar refractivity (Wildman–Crippen MR) is 104 cm³/mol. The zero-order valence-corrected chi connectivity index (χ0v) is 16.2. The largest absolute Gasteiger partial charge is 0.364 e. The first-order valence-electron chi connectivity index (χ1n) is 7.86. The minimum absolute atomic E-state index is 0.242. The number of benzene rings is 1. The molecule has 0 aliphatic carbocycles. The third-order valence-electron chi connectivity index (χ3n) is 3.88. The monoisotopic (exact) mass is 393 g/mol. The molecule has 2 heterocycles. The lowest BCUT2D eigenvalue weighted by Gasteiger charge is -2.09. The molecule has 0 saturated heterocycles. The molecule has 0 aliphatic rings. The van der Waals surface area contributed by atoms with E-state index < -0.39 is 5.91 Å². The molecule has 2 N–H and O–H groups in total. The van der Waals surface area contributed by atoms with E-state index in [0.717, 1.165) is 29.0 Å². The number of primary amides is 1. The van der Waals surface area contributed by atoms with Crippen LogP contribution >= 0.6 is 34.5 Å². The molecule has 7 heteroatoms. The van der Waals surface area contributed by atoms with Crippen LogP contribution in [0, 0.1) is 6.92 Å². The molecule has 2 aromatic heterocycles. The van der Waals surface area contributed by atoms with Gasteiger partial charge >= 0.3 is 0 Å². The maximum absolute atomic E-state index is 11.8. The molecule has 0 atom stereocenters. The normalized spacial score (nSPS) is 11.0. The molecule has 0 radical (unpaired) electrons. The van der Waals surface area contributed by atoms with Gasteiger partial charge in [-0.2, -0.15) is 5.10 Å². The van der Waals surface area contributed by atoms with Gasteiger partial charge in [0.2, 0.25) is 0 Å². The fourth-order valence-electron chi connectivity index (χ4n) is 2.73. The molecule has 0 spiro atoms. The number of amides is 1. The summed E-state index contributed by atoms with van der Waals surface area (Å²) in [5, 5.41) is 5.42. The Kier molecular flexibility index (Phi) is 5.18. The van der Waals surface area contributed by atoms with E-state index in [0.29, 0.717) is 15.7 Å². The number of rotatable bonds is 5. The highest BCUT2D eigenvalue weighted by Crippen LogP contribution is 2.36. The Bertz CT molecular complexity index is 946. The third-order valence-corrected chi connectivity index (χ3v) is 5.57. The highest BCUT2D eigenvalue weighted by molar-refractivity contribution is 7.15. The molecular weight excluding hydrogens is 377 g/mol. The minimum Gasteiger partial charge on any atom is -0.364 e. The van der Waals surface area contributed by atoms with Crippen LogP contribution in [-0.4, -0.2) is 15.7 Å². The number of nitrogens with zero attached hydrogens (tertiary/aromatic N) is 2. The van der Waals surface area contributed by atoms with Gasteiger partial charge in [-0.25, -0.2) is 4.68 Å². The number of nitrogens with two attached hydrogens (primary N) is 1. The molecule has 0 saturated carbocycles. The van der Waals surface area contributed by atoms with Crippen LogP contribution in [0.4, 0.5) is 0 Å². The number of aryl methyl sites for hydroxylation is 1. The van der Waals surface area contributed by atoms with Gasteiger partial charge in [0.05, 0.1) is 21.3 Å². The highest BCUT2D eigenvalue weighted by atomic mass is 35.5. The van der Waals surface area contributed by atoms with Gasteiger partial charge in [-0.3, -0.25) is 4.79 Å². The van der Waals surface area contributed by atoms with Crippen LogP contribution in [0.3, 0.4) is 0 Å². The lowest BCUT2D eigenvalue weighted by Crippen LogP contribution is -2.13. The van der Waals surface area contributed by atoms with E-state index in [-0.39, 0.29) is 5.69 Å². The third kappa shape index (κ3) is 3.45. The van der Waals surface area contributed by atoms with Gasteiger partial charge in [0.25, 0.3) is 5.91 Å². The second kappa shape index (κ2) is 7.20. The topological polar surface area (TPSA) is 60.9 Å². The number of hydrogen-bond acceptors (Lipinski definition) is 3. The smallest absolute Gasteiger partial charge is 0.269 e. The summed E-state index contributed by atoms with van der Waals surface area (Å²) in [5.41, 5.74) is 7.96. The molecule has 4 nitrogen and oxygen atoms in total. The molecule has 1 aromatic carbocycles. The number of carbonyl (C=O) groups is 1. The first-order valence-corrected chi connectivity index (χ1v) is 9.43. The zero-order chi connectivity index (χ0) is 18.1. The summed E-state index contributed by atoms with van der Waals surface area (Å²) < 4.78 is 1.68. The summed E-state index contributed by atoms with van der Waals surface area (Å²) in [6.45, 7) is 4.00. The van der Waals surface area contributed by atoms with Crippen molar-refractivity contribution in [1.82, 2.24) is 9.78 Å². The summed E-state index contributed by atoms with van der Waals surface area (Å²) in [4.78, 5) is 14.1. The Morgan fingerprint density at radius 1 is 1.28 bits per heavy atom. The van der Waals surface area contributed by atoms with Crippen molar-refractivity contribution in [2.75, 3.05) is 0 Å². The van der Waals surface area contributed by atoms with Crippen molar-refractivity contribution in [2.45, 2.75) is 26.7 Å². The van der Waals surface area contributed by atoms with Crippen molar-refractivity contribution in [2.24, 2.45) is 5.73 Å². The zero-order valence-electron chi connectivity index (χ0n) is 13.8. The van der Waals surface area contributed by atoms with Crippen LogP contribution in [0.25, 0.3) is 16.3 Å². The van der Waals surface area contributed by atoms with Crippen LogP contribution in [0.5, 0.6) is 0 Å². The Hall–Kier alpha value is -1.82. The van der Waals surface area contributed by atoms with Crippen LogP contribution in [-0.2, 0) is 6.42 Å². The first kappa shape index (κ1) is 18.0. The molecule has 25 heavy (non-hydrogen) atoms. The van der Waals surface area contributed by atoms with Gasteiger partial charge in [0.1, 0.15) is 0 Å². The van der Waals surface area contributed by atoms with Crippen molar-refractivity contribution >= 4 is 40.4 Å². The second-order valence-electron chi connectivity index (χ2n) is 5.71. The van der Waals surface area contributed by atoms with Gasteiger partial charge in [0.15, 0.2) is 5.69 Å². The summed E-state index contributed by atoms with van der Waals surface area (Å²) in [7, 11) is 0. The van der Waals surface area contributed by atoms with Crippen molar-refractivity contribution < 1.29 is 4.79 Å². The SMILES string of the molecule is CCCc1ccc(-c2c(C)c(C(N)=O)nn2-c2ccc(Cl)cc2Cl)s1. The molecule has 0 unspecified atom stereocenters. The number of hydrogen-bond donors (Lipinski definition) is 1. The lowest BCUT2D eigenvalue weighted by molar-refractivity contribution is 0.0994. The number of aromatic nitrogens is 2. The summed E-state index contributed by atoms with van der Waals surface area (Å²) >= 11 is 14.0. The molecule has 3 aromatic rings. The van der Waals surface area contributed by atoms with Crippen LogP contribution in [0.2, 0.25) is 10.0 Å². The fraction of sp³-hybridized carbons (Fsp3) is 0.222. The highest BCUT2D eigenvalue weighted by Gasteiger charge is 2.22.